The molecule has 3 heteroatoms. The smallest absolute Gasteiger partial charge is 0.106 e. The fraction of sp³-hybridized carbons (Fsp3) is 0.455. The first kappa shape index (κ1) is 9.65. The van der Waals surface area contributed by atoms with Crippen LogP contribution in [0, 0.1) is 0 Å². The van der Waals surface area contributed by atoms with Crippen LogP contribution in [0.25, 0.3) is 0 Å². The van der Waals surface area contributed by atoms with Crippen molar-refractivity contribution in [3.8, 4) is 0 Å². The van der Waals surface area contributed by atoms with Crippen molar-refractivity contribution >= 4 is 0 Å². The minimum Gasteiger partial charge on any atom is -0.853 e. The van der Waals surface area contributed by atoms with Crippen molar-refractivity contribution < 1.29 is 14.6 Å². The zero-order valence-corrected chi connectivity index (χ0v) is 7.89. The number of ether oxygens (including phenoxy) is 2. The van der Waals surface area contributed by atoms with E-state index >= 15 is 0 Å². The van der Waals surface area contributed by atoms with E-state index in [2.05, 4.69) is 0 Å². The summed E-state index contributed by atoms with van der Waals surface area (Å²) < 4.78 is 10.5. The number of benzene rings is 1. The number of hydrogen-bond donors (Lipinski definition) is 0. The van der Waals surface area contributed by atoms with Crippen LogP contribution in [0.15, 0.2) is 30.3 Å². The molecule has 2 atom stereocenters. The summed E-state index contributed by atoms with van der Waals surface area (Å²) >= 11 is 0. The van der Waals surface area contributed by atoms with Gasteiger partial charge in [0.25, 0.3) is 0 Å². The van der Waals surface area contributed by atoms with E-state index in [0.29, 0.717) is 13.2 Å². The van der Waals surface area contributed by atoms with E-state index in [0.717, 1.165) is 5.56 Å². The molecule has 1 saturated heterocycles. The van der Waals surface area contributed by atoms with Crippen LogP contribution in [0.2, 0.25) is 0 Å². The Balaban J connectivity index is 1.64. The van der Waals surface area contributed by atoms with Crippen molar-refractivity contribution in [1.82, 2.24) is 0 Å². The van der Waals surface area contributed by atoms with Crippen LogP contribution < -0.4 is 5.11 Å². The summed E-state index contributed by atoms with van der Waals surface area (Å²) in [7, 11) is 0. The summed E-state index contributed by atoms with van der Waals surface area (Å²) in [6.45, 7) is 0.966. The lowest BCUT2D eigenvalue weighted by molar-refractivity contribution is -0.370. The van der Waals surface area contributed by atoms with Crippen LogP contribution in [0.4, 0.5) is 0 Å². The van der Waals surface area contributed by atoms with E-state index in [-0.39, 0.29) is 18.8 Å². The van der Waals surface area contributed by atoms with E-state index < -0.39 is 0 Å². The van der Waals surface area contributed by atoms with Crippen LogP contribution in [0.3, 0.4) is 0 Å². The standard InChI is InChI=1S/C11H13O3/c12-6-10-11(14-10)8-13-7-9-4-2-1-3-5-9/h1-5,10-11H,6-8H2/q-1/t10-,11+/m1/s1. The average Bonchev–Trinajstić information content (AvgIpc) is 2.98. The molecule has 0 bridgehead atoms. The van der Waals surface area contributed by atoms with Gasteiger partial charge in [-0.1, -0.05) is 30.3 Å². The molecule has 0 radical (unpaired) electrons. The van der Waals surface area contributed by atoms with Crippen molar-refractivity contribution in [2.45, 2.75) is 18.8 Å². The Morgan fingerprint density at radius 2 is 2.00 bits per heavy atom. The van der Waals surface area contributed by atoms with Gasteiger partial charge in [0, 0.05) is 0 Å². The molecule has 0 saturated carbocycles. The van der Waals surface area contributed by atoms with E-state index in [1.54, 1.807) is 0 Å². The Kier molecular flexibility index (Phi) is 3.14. The molecule has 1 heterocycles. The highest BCUT2D eigenvalue weighted by Crippen LogP contribution is 2.20. The molecule has 1 aromatic carbocycles. The lowest BCUT2D eigenvalue weighted by Crippen LogP contribution is -2.16. The first-order valence-corrected chi connectivity index (χ1v) is 4.75. The fourth-order valence-electron chi connectivity index (χ4n) is 1.34. The average molecular weight is 193 g/mol. The topological polar surface area (TPSA) is 44.8 Å². The zero-order chi connectivity index (χ0) is 9.80. The Hall–Kier alpha value is -0.900. The summed E-state index contributed by atoms with van der Waals surface area (Å²) in [6, 6.07) is 9.96. The normalized spacial score (nSPS) is 24.9. The van der Waals surface area contributed by atoms with Gasteiger partial charge in [0.15, 0.2) is 0 Å². The lowest BCUT2D eigenvalue weighted by Gasteiger charge is -2.02. The Bertz CT molecular complexity index is 273. The molecule has 0 aromatic heterocycles. The van der Waals surface area contributed by atoms with Crippen molar-refractivity contribution in [2.75, 3.05) is 13.2 Å². The van der Waals surface area contributed by atoms with Gasteiger partial charge in [-0.15, -0.1) is 6.61 Å². The van der Waals surface area contributed by atoms with Gasteiger partial charge < -0.3 is 14.6 Å². The first-order valence-electron chi connectivity index (χ1n) is 4.75. The van der Waals surface area contributed by atoms with Crippen LogP contribution in [0.5, 0.6) is 0 Å². The molecule has 14 heavy (non-hydrogen) atoms. The zero-order valence-electron chi connectivity index (χ0n) is 7.89. The van der Waals surface area contributed by atoms with Crippen molar-refractivity contribution in [1.29, 1.82) is 0 Å². The van der Waals surface area contributed by atoms with Gasteiger partial charge in [-0.25, -0.2) is 0 Å². The highest BCUT2D eigenvalue weighted by atomic mass is 16.6. The first-order chi connectivity index (χ1) is 6.90. The molecule has 1 aromatic rings. The molecule has 76 valence electrons. The minimum absolute atomic E-state index is 0.0382. The molecule has 0 spiro atoms. The summed E-state index contributed by atoms with van der Waals surface area (Å²) in [5, 5.41) is 10.4. The monoisotopic (exact) mass is 193 g/mol. The predicted octanol–water partition coefficient (Wildman–Crippen LogP) is 0.331. The number of rotatable bonds is 5. The van der Waals surface area contributed by atoms with Gasteiger partial charge in [-0.3, -0.25) is 0 Å². The molecule has 0 unspecified atom stereocenters. The molecule has 0 amide bonds. The predicted molar refractivity (Wildman–Crippen MR) is 49.6 cm³/mol. The van der Waals surface area contributed by atoms with Crippen molar-refractivity contribution in [3.05, 3.63) is 35.9 Å². The van der Waals surface area contributed by atoms with E-state index in [1.807, 2.05) is 30.3 Å². The SMILES string of the molecule is [O-]C[C@H]1O[C@H]1COCc1ccccc1. The molecular weight excluding hydrogens is 180 g/mol. The third kappa shape index (κ3) is 2.54. The summed E-state index contributed by atoms with van der Waals surface area (Å²) in [6.07, 6.45) is -0.0676. The second-order valence-electron chi connectivity index (χ2n) is 3.38. The summed E-state index contributed by atoms with van der Waals surface area (Å²) in [5.74, 6) is 0. The molecular formula is C11H13O3-. The largest absolute Gasteiger partial charge is 0.853 e. The van der Waals surface area contributed by atoms with Crippen LogP contribution in [-0.2, 0) is 16.1 Å². The number of hydrogen-bond acceptors (Lipinski definition) is 3. The minimum atomic E-state index is -0.153. The van der Waals surface area contributed by atoms with Gasteiger partial charge >= 0.3 is 0 Å². The maximum atomic E-state index is 10.4. The quantitative estimate of drug-likeness (QED) is 0.633. The third-order valence-corrected chi connectivity index (χ3v) is 2.25. The van der Waals surface area contributed by atoms with E-state index in [1.165, 1.54) is 0 Å². The van der Waals surface area contributed by atoms with Crippen molar-refractivity contribution in [3.63, 3.8) is 0 Å². The number of epoxide rings is 1. The third-order valence-electron chi connectivity index (χ3n) is 2.25. The highest BCUT2D eigenvalue weighted by Gasteiger charge is 2.34. The molecule has 3 nitrogen and oxygen atoms in total. The van der Waals surface area contributed by atoms with Gasteiger partial charge in [-0.05, 0) is 5.56 Å². The molecule has 0 aliphatic carbocycles. The fourth-order valence-corrected chi connectivity index (χ4v) is 1.34. The van der Waals surface area contributed by atoms with Gasteiger partial charge in [0.05, 0.1) is 19.3 Å². The van der Waals surface area contributed by atoms with Crippen LogP contribution >= 0.6 is 0 Å². The van der Waals surface area contributed by atoms with Crippen LogP contribution in [-0.4, -0.2) is 25.4 Å². The molecule has 1 aliphatic heterocycles. The lowest BCUT2D eigenvalue weighted by atomic mass is 10.2. The summed E-state index contributed by atoms with van der Waals surface area (Å²) in [5.41, 5.74) is 1.15. The second kappa shape index (κ2) is 4.55. The second-order valence-corrected chi connectivity index (χ2v) is 3.38. The summed E-state index contributed by atoms with van der Waals surface area (Å²) in [4.78, 5) is 0. The van der Waals surface area contributed by atoms with Gasteiger partial charge in [0.2, 0.25) is 0 Å². The van der Waals surface area contributed by atoms with Crippen LogP contribution in [0.1, 0.15) is 5.56 Å². The van der Waals surface area contributed by atoms with Crippen molar-refractivity contribution in [2.24, 2.45) is 0 Å². The van der Waals surface area contributed by atoms with Gasteiger partial charge in [-0.2, -0.15) is 0 Å². The molecule has 0 N–H and O–H groups in total. The van der Waals surface area contributed by atoms with E-state index in [4.69, 9.17) is 9.47 Å². The van der Waals surface area contributed by atoms with Gasteiger partial charge in [0.1, 0.15) is 6.10 Å². The maximum Gasteiger partial charge on any atom is 0.106 e. The Labute approximate surface area is 83.3 Å². The molecule has 1 aliphatic rings. The Morgan fingerprint density at radius 1 is 1.21 bits per heavy atom. The highest BCUT2D eigenvalue weighted by molar-refractivity contribution is 5.13. The van der Waals surface area contributed by atoms with E-state index in [9.17, 15) is 5.11 Å². The Morgan fingerprint density at radius 3 is 2.64 bits per heavy atom. The maximum absolute atomic E-state index is 10.4. The molecule has 1 fully saturated rings. The molecule has 2 rings (SSSR count).